The van der Waals surface area contributed by atoms with Crippen LogP contribution in [-0.2, 0) is 0 Å². The summed E-state index contributed by atoms with van der Waals surface area (Å²) < 4.78 is 13.9. The van der Waals surface area contributed by atoms with E-state index in [-0.39, 0.29) is 5.82 Å². The molecule has 0 N–H and O–H groups in total. The van der Waals surface area contributed by atoms with E-state index < -0.39 is 0 Å². The van der Waals surface area contributed by atoms with E-state index >= 15 is 0 Å². The summed E-state index contributed by atoms with van der Waals surface area (Å²) in [5, 5.41) is 1.71. The maximum Gasteiger partial charge on any atom is 0.131 e. The van der Waals surface area contributed by atoms with E-state index in [2.05, 4.69) is 26.0 Å². The van der Waals surface area contributed by atoms with Crippen LogP contribution in [0.3, 0.4) is 0 Å². The molecular weight excluding hydrogens is 247 g/mol. The Bertz CT molecular complexity index is 707. The van der Waals surface area contributed by atoms with Crippen molar-refractivity contribution in [1.29, 1.82) is 0 Å². The third-order valence-electron chi connectivity index (χ3n) is 4.33. The molecule has 1 aliphatic rings. The van der Waals surface area contributed by atoms with Crippen molar-refractivity contribution in [2.24, 2.45) is 5.92 Å². The van der Waals surface area contributed by atoms with Gasteiger partial charge in [0.05, 0.1) is 0 Å². The third-order valence-corrected chi connectivity index (χ3v) is 4.33. The monoisotopic (exact) mass is 266 g/mol. The first-order valence-electron chi connectivity index (χ1n) is 7.29. The third kappa shape index (κ3) is 2.18. The molecule has 0 amide bonds. The predicted octanol–water partition coefficient (Wildman–Crippen LogP) is 5.74. The first-order valence-corrected chi connectivity index (χ1v) is 7.29. The molecule has 0 saturated carbocycles. The molecule has 0 saturated heterocycles. The number of rotatable bonds is 3. The van der Waals surface area contributed by atoms with Crippen molar-refractivity contribution < 1.29 is 4.39 Å². The molecule has 1 atom stereocenters. The van der Waals surface area contributed by atoms with Gasteiger partial charge in [-0.3, -0.25) is 0 Å². The first kappa shape index (κ1) is 13.1. The van der Waals surface area contributed by atoms with Gasteiger partial charge in [0.15, 0.2) is 0 Å². The van der Waals surface area contributed by atoms with Crippen molar-refractivity contribution >= 4 is 16.3 Å². The zero-order chi connectivity index (χ0) is 14.1. The largest absolute Gasteiger partial charge is 0.206 e. The maximum absolute atomic E-state index is 13.9. The van der Waals surface area contributed by atoms with Crippen molar-refractivity contribution in [1.82, 2.24) is 0 Å². The molecule has 1 unspecified atom stereocenters. The molecule has 0 aliphatic heterocycles. The fourth-order valence-electron chi connectivity index (χ4n) is 2.85. The molecule has 2 aromatic carbocycles. The molecular formula is C19H19F. The molecule has 1 aliphatic carbocycles. The van der Waals surface area contributed by atoms with Gasteiger partial charge in [0.25, 0.3) is 0 Å². The summed E-state index contributed by atoms with van der Waals surface area (Å²) in [6.45, 7) is 4.49. The predicted molar refractivity (Wildman–Crippen MR) is 84.0 cm³/mol. The summed E-state index contributed by atoms with van der Waals surface area (Å²) >= 11 is 0. The average molecular weight is 266 g/mol. The van der Waals surface area contributed by atoms with E-state index in [0.29, 0.717) is 11.3 Å². The van der Waals surface area contributed by atoms with E-state index in [9.17, 15) is 4.39 Å². The summed E-state index contributed by atoms with van der Waals surface area (Å²) in [6, 6.07) is 11.2. The van der Waals surface area contributed by atoms with Crippen LogP contribution in [0.1, 0.15) is 32.3 Å². The summed E-state index contributed by atoms with van der Waals surface area (Å²) in [6.07, 6.45) is 6.74. The minimum atomic E-state index is -0.144. The Hall–Kier alpha value is -1.89. The Balaban J connectivity index is 2.09. The Morgan fingerprint density at radius 3 is 2.60 bits per heavy atom. The van der Waals surface area contributed by atoms with Crippen LogP contribution in [0.5, 0.6) is 0 Å². The van der Waals surface area contributed by atoms with E-state index in [0.717, 1.165) is 23.8 Å². The van der Waals surface area contributed by atoms with E-state index in [1.807, 2.05) is 30.3 Å². The Morgan fingerprint density at radius 2 is 1.85 bits per heavy atom. The zero-order valence-corrected chi connectivity index (χ0v) is 12.0. The lowest BCUT2D eigenvalue weighted by Gasteiger charge is -2.09. The number of allylic oxidation sites excluding steroid dienone is 4. The van der Waals surface area contributed by atoms with E-state index in [1.165, 1.54) is 11.1 Å². The summed E-state index contributed by atoms with van der Waals surface area (Å²) in [5.74, 6) is 0.476. The molecule has 0 spiro atoms. The minimum Gasteiger partial charge on any atom is -0.206 e. The van der Waals surface area contributed by atoms with Crippen molar-refractivity contribution in [3.05, 3.63) is 65.5 Å². The SMILES string of the molecule is CCC(C)C1=CC(c2ccc(F)c3ccccc23)=CC1. The summed E-state index contributed by atoms with van der Waals surface area (Å²) in [7, 11) is 0. The number of hydrogen-bond donors (Lipinski definition) is 0. The summed E-state index contributed by atoms with van der Waals surface area (Å²) in [4.78, 5) is 0. The van der Waals surface area contributed by atoms with Crippen molar-refractivity contribution in [3.8, 4) is 0 Å². The van der Waals surface area contributed by atoms with Crippen LogP contribution >= 0.6 is 0 Å². The van der Waals surface area contributed by atoms with Crippen molar-refractivity contribution in [3.63, 3.8) is 0 Å². The van der Waals surface area contributed by atoms with Gasteiger partial charge in [-0.15, -0.1) is 0 Å². The average Bonchev–Trinajstić information content (AvgIpc) is 2.97. The molecule has 0 nitrogen and oxygen atoms in total. The molecule has 0 heterocycles. The molecule has 20 heavy (non-hydrogen) atoms. The molecule has 1 heteroatoms. The highest BCUT2D eigenvalue weighted by Gasteiger charge is 2.15. The van der Waals surface area contributed by atoms with Crippen LogP contribution in [0.25, 0.3) is 16.3 Å². The lowest BCUT2D eigenvalue weighted by Crippen LogP contribution is -1.94. The van der Waals surface area contributed by atoms with Gasteiger partial charge in [-0.2, -0.15) is 0 Å². The van der Waals surface area contributed by atoms with Crippen molar-refractivity contribution in [2.45, 2.75) is 26.7 Å². The van der Waals surface area contributed by atoms with Gasteiger partial charge >= 0.3 is 0 Å². The van der Waals surface area contributed by atoms with Gasteiger partial charge < -0.3 is 0 Å². The van der Waals surface area contributed by atoms with Crippen LogP contribution in [0.15, 0.2) is 54.1 Å². The molecule has 3 rings (SSSR count). The standard InChI is InChI=1S/C19H19F/c1-3-13(2)14-8-9-15(12-14)16-10-11-19(20)18-7-5-4-6-17(16)18/h4-7,9-13H,3,8H2,1-2H3. The Kier molecular flexibility index (Phi) is 3.43. The maximum atomic E-state index is 13.9. The Morgan fingerprint density at radius 1 is 1.10 bits per heavy atom. The first-order chi connectivity index (χ1) is 9.70. The second-order valence-corrected chi connectivity index (χ2v) is 5.53. The minimum absolute atomic E-state index is 0.144. The molecule has 2 aromatic rings. The highest BCUT2D eigenvalue weighted by Crippen LogP contribution is 2.35. The van der Waals surface area contributed by atoms with Gasteiger partial charge in [-0.25, -0.2) is 4.39 Å². The lowest BCUT2D eigenvalue weighted by molar-refractivity contribution is 0.640. The van der Waals surface area contributed by atoms with Crippen LogP contribution in [0.4, 0.5) is 4.39 Å². The van der Waals surface area contributed by atoms with Gasteiger partial charge in [-0.1, -0.05) is 61.9 Å². The van der Waals surface area contributed by atoms with Crippen LogP contribution < -0.4 is 0 Å². The second kappa shape index (κ2) is 5.24. The zero-order valence-electron chi connectivity index (χ0n) is 12.0. The fraction of sp³-hybridized carbons (Fsp3) is 0.263. The molecule has 102 valence electrons. The van der Waals surface area contributed by atoms with E-state index in [4.69, 9.17) is 0 Å². The number of halogens is 1. The second-order valence-electron chi connectivity index (χ2n) is 5.53. The highest BCUT2D eigenvalue weighted by molar-refractivity contribution is 5.97. The topological polar surface area (TPSA) is 0 Å². The molecule has 0 bridgehead atoms. The highest BCUT2D eigenvalue weighted by atomic mass is 19.1. The van der Waals surface area contributed by atoms with Crippen LogP contribution in [-0.4, -0.2) is 0 Å². The van der Waals surface area contributed by atoms with Crippen LogP contribution in [0.2, 0.25) is 0 Å². The van der Waals surface area contributed by atoms with Crippen molar-refractivity contribution in [2.75, 3.05) is 0 Å². The van der Waals surface area contributed by atoms with Gasteiger partial charge in [0.1, 0.15) is 5.82 Å². The smallest absolute Gasteiger partial charge is 0.131 e. The van der Waals surface area contributed by atoms with Gasteiger partial charge in [0.2, 0.25) is 0 Å². The quantitative estimate of drug-likeness (QED) is 0.664. The van der Waals surface area contributed by atoms with Gasteiger partial charge in [0, 0.05) is 5.39 Å². The number of fused-ring (bicyclic) bond motifs is 1. The fourth-order valence-corrected chi connectivity index (χ4v) is 2.85. The molecule has 0 radical (unpaired) electrons. The molecule has 0 aromatic heterocycles. The van der Waals surface area contributed by atoms with Crippen LogP contribution in [0, 0.1) is 11.7 Å². The number of benzene rings is 2. The van der Waals surface area contributed by atoms with E-state index in [1.54, 1.807) is 6.07 Å². The normalized spacial score (nSPS) is 16.1. The Labute approximate surface area is 119 Å². The number of hydrogen-bond acceptors (Lipinski definition) is 0. The summed E-state index contributed by atoms with van der Waals surface area (Å²) in [5.41, 5.74) is 3.85. The molecule has 0 fully saturated rings. The lowest BCUT2D eigenvalue weighted by atomic mass is 9.96. The van der Waals surface area contributed by atoms with Gasteiger partial charge in [-0.05, 0) is 41.3 Å².